The van der Waals surface area contributed by atoms with Gasteiger partial charge < -0.3 is 4.90 Å². The van der Waals surface area contributed by atoms with E-state index in [2.05, 4.69) is 17.0 Å². The third kappa shape index (κ3) is 2.82. The fraction of sp³-hybridized carbons (Fsp3) is 0.438. The van der Waals surface area contributed by atoms with Crippen molar-refractivity contribution in [3.63, 3.8) is 0 Å². The topological polar surface area (TPSA) is 51.0 Å². The van der Waals surface area contributed by atoms with E-state index in [-0.39, 0.29) is 17.8 Å². The SMILES string of the molecule is Cc1ccc(-n2cnc(C(=O)N3CCCC[C@H]3C)n2)cc1. The van der Waals surface area contributed by atoms with E-state index < -0.39 is 0 Å². The van der Waals surface area contributed by atoms with Crippen molar-refractivity contribution in [3.8, 4) is 5.69 Å². The van der Waals surface area contributed by atoms with Crippen LogP contribution in [0.15, 0.2) is 30.6 Å². The number of carbonyl (C=O) groups is 1. The molecule has 1 aromatic carbocycles. The second kappa shape index (κ2) is 5.68. The third-order valence-corrected chi connectivity index (χ3v) is 4.05. The van der Waals surface area contributed by atoms with Gasteiger partial charge in [0.25, 0.3) is 5.91 Å². The van der Waals surface area contributed by atoms with Crippen LogP contribution in [0.3, 0.4) is 0 Å². The van der Waals surface area contributed by atoms with Crippen molar-refractivity contribution in [1.29, 1.82) is 0 Å². The van der Waals surface area contributed by atoms with Crippen LogP contribution >= 0.6 is 0 Å². The molecule has 110 valence electrons. The summed E-state index contributed by atoms with van der Waals surface area (Å²) in [5.74, 6) is 0.220. The average molecular weight is 284 g/mol. The zero-order valence-corrected chi connectivity index (χ0v) is 12.5. The summed E-state index contributed by atoms with van der Waals surface area (Å²) in [7, 11) is 0. The minimum atomic E-state index is -0.0620. The highest BCUT2D eigenvalue weighted by molar-refractivity contribution is 5.90. The summed E-state index contributed by atoms with van der Waals surface area (Å²) in [6, 6.07) is 8.26. The molecule has 0 saturated carbocycles. The lowest BCUT2D eigenvalue weighted by molar-refractivity contribution is 0.0623. The fourth-order valence-electron chi connectivity index (χ4n) is 2.71. The minimum Gasteiger partial charge on any atom is -0.333 e. The molecule has 3 rings (SSSR count). The standard InChI is InChI=1S/C16H20N4O/c1-12-6-8-14(9-7-12)20-11-17-15(18-20)16(21)19-10-4-3-5-13(19)2/h6-9,11,13H,3-5,10H2,1-2H3/t13-/m1/s1. The normalized spacial score (nSPS) is 18.8. The van der Waals surface area contributed by atoms with Crippen LogP contribution < -0.4 is 0 Å². The summed E-state index contributed by atoms with van der Waals surface area (Å²) >= 11 is 0. The number of benzene rings is 1. The molecule has 0 spiro atoms. The van der Waals surface area contributed by atoms with E-state index in [1.54, 1.807) is 11.0 Å². The first kappa shape index (κ1) is 13.8. The highest BCUT2D eigenvalue weighted by Gasteiger charge is 2.26. The molecule has 21 heavy (non-hydrogen) atoms. The predicted molar refractivity (Wildman–Crippen MR) is 80.4 cm³/mol. The average Bonchev–Trinajstić information content (AvgIpc) is 2.98. The van der Waals surface area contributed by atoms with Crippen LogP contribution in [0, 0.1) is 6.92 Å². The highest BCUT2D eigenvalue weighted by atomic mass is 16.2. The van der Waals surface area contributed by atoms with E-state index in [9.17, 15) is 4.79 Å². The maximum atomic E-state index is 12.5. The highest BCUT2D eigenvalue weighted by Crippen LogP contribution is 2.18. The van der Waals surface area contributed by atoms with Gasteiger partial charge in [-0.25, -0.2) is 9.67 Å². The molecule has 1 atom stereocenters. The van der Waals surface area contributed by atoms with E-state index in [4.69, 9.17) is 0 Å². The summed E-state index contributed by atoms with van der Waals surface area (Å²) in [6.07, 6.45) is 4.92. The van der Waals surface area contributed by atoms with Crippen molar-refractivity contribution >= 4 is 5.91 Å². The van der Waals surface area contributed by atoms with Gasteiger partial charge in [-0.05, 0) is 45.2 Å². The van der Waals surface area contributed by atoms with Gasteiger partial charge in [-0.3, -0.25) is 4.79 Å². The monoisotopic (exact) mass is 284 g/mol. The minimum absolute atomic E-state index is 0.0620. The molecule has 0 unspecified atom stereocenters. The Morgan fingerprint density at radius 2 is 2.00 bits per heavy atom. The Bertz CT molecular complexity index is 632. The number of aryl methyl sites for hydroxylation is 1. The molecule has 1 aliphatic heterocycles. The van der Waals surface area contributed by atoms with Crippen molar-refractivity contribution in [1.82, 2.24) is 19.7 Å². The molecule has 5 heteroatoms. The lowest BCUT2D eigenvalue weighted by Crippen LogP contribution is -2.42. The van der Waals surface area contributed by atoms with Crippen LogP contribution in [-0.2, 0) is 0 Å². The second-order valence-electron chi connectivity index (χ2n) is 5.69. The number of likely N-dealkylation sites (tertiary alicyclic amines) is 1. The van der Waals surface area contributed by atoms with Gasteiger partial charge in [-0.1, -0.05) is 17.7 Å². The Morgan fingerprint density at radius 3 is 2.71 bits per heavy atom. The predicted octanol–water partition coefficient (Wildman–Crippen LogP) is 2.59. The summed E-state index contributed by atoms with van der Waals surface area (Å²) < 4.78 is 1.65. The smallest absolute Gasteiger partial charge is 0.293 e. The van der Waals surface area contributed by atoms with Crippen LogP contribution in [0.5, 0.6) is 0 Å². The van der Waals surface area contributed by atoms with Crippen LogP contribution in [0.1, 0.15) is 42.4 Å². The molecule has 0 aliphatic carbocycles. The van der Waals surface area contributed by atoms with Gasteiger partial charge in [0.2, 0.25) is 5.82 Å². The third-order valence-electron chi connectivity index (χ3n) is 4.05. The van der Waals surface area contributed by atoms with E-state index in [0.29, 0.717) is 0 Å². The quantitative estimate of drug-likeness (QED) is 0.851. The van der Waals surface area contributed by atoms with Crippen molar-refractivity contribution in [2.75, 3.05) is 6.54 Å². The van der Waals surface area contributed by atoms with Crippen LogP contribution in [-0.4, -0.2) is 38.2 Å². The first-order valence-corrected chi connectivity index (χ1v) is 7.45. The molecular weight excluding hydrogens is 264 g/mol. The molecule has 0 N–H and O–H groups in total. The largest absolute Gasteiger partial charge is 0.333 e. The summed E-state index contributed by atoms with van der Waals surface area (Å²) in [6.45, 7) is 4.94. The Balaban J connectivity index is 1.81. The Kier molecular flexibility index (Phi) is 3.73. The molecule has 0 bridgehead atoms. The molecule has 1 aliphatic rings. The number of piperidine rings is 1. The van der Waals surface area contributed by atoms with Gasteiger partial charge in [0.1, 0.15) is 6.33 Å². The molecule has 1 saturated heterocycles. The summed E-state index contributed by atoms with van der Waals surface area (Å²) in [5, 5.41) is 4.33. The van der Waals surface area contributed by atoms with Crippen LogP contribution in [0.25, 0.3) is 5.69 Å². The van der Waals surface area contributed by atoms with E-state index in [1.165, 1.54) is 12.0 Å². The lowest BCUT2D eigenvalue weighted by atomic mass is 10.0. The van der Waals surface area contributed by atoms with Gasteiger partial charge in [0.05, 0.1) is 5.69 Å². The van der Waals surface area contributed by atoms with Crippen molar-refractivity contribution < 1.29 is 4.79 Å². The molecule has 0 radical (unpaired) electrons. The number of hydrogen-bond donors (Lipinski definition) is 0. The van der Waals surface area contributed by atoms with Crippen molar-refractivity contribution in [2.45, 2.75) is 39.2 Å². The van der Waals surface area contributed by atoms with Crippen molar-refractivity contribution in [2.24, 2.45) is 0 Å². The number of rotatable bonds is 2. The van der Waals surface area contributed by atoms with Gasteiger partial charge >= 0.3 is 0 Å². The number of nitrogens with zero attached hydrogens (tertiary/aromatic N) is 4. The zero-order chi connectivity index (χ0) is 14.8. The molecular formula is C16H20N4O. The summed E-state index contributed by atoms with van der Waals surface area (Å²) in [4.78, 5) is 18.6. The molecule has 2 aromatic rings. The number of hydrogen-bond acceptors (Lipinski definition) is 3. The van der Waals surface area contributed by atoms with Crippen LogP contribution in [0.2, 0.25) is 0 Å². The van der Waals surface area contributed by atoms with E-state index in [1.807, 2.05) is 36.1 Å². The maximum Gasteiger partial charge on any atom is 0.293 e. The first-order valence-electron chi connectivity index (χ1n) is 7.45. The Morgan fingerprint density at radius 1 is 1.24 bits per heavy atom. The molecule has 1 fully saturated rings. The summed E-state index contributed by atoms with van der Waals surface area (Å²) in [5.41, 5.74) is 2.11. The first-order chi connectivity index (χ1) is 10.1. The molecule has 5 nitrogen and oxygen atoms in total. The van der Waals surface area contributed by atoms with Gasteiger partial charge in [0, 0.05) is 12.6 Å². The fourth-order valence-corrected chi connectivity index (χ4v) is 2.71. The van der Waals surface area contributed by atoms with E-state index >= 15 is 0 Å². The molecule has 2 heterocycles. The van der Waals surface area contributed by atoms with Gasteiger partial charge in [-0.2, -0.15) is 0 Å². The number of amides is 1. The second-order valence-corrected chi connectivity index (χ2v) is 5.69. The lowest BCUT2D eigenvalue weighted by Gasteiger charge is -2.32. The number of carbonyl (C=O) groups excluding carboxylic acids is 1. The Hall–Kier alpha value is -2.17. The maximum absolute atomic E-state index is 12.5. The number of aromatic nitrogens is 3. The van der Waals surface area contributed by atoms with Crippen molar-refractivity contribution in [3.05, 3.63) is 42.0 Å². The van der Waals surface area contributed by atoms with Crippen LogP contribution in [0.4, 0.5) is 0 Å². The molecule has 1 aromatic heterocycles. The van der Waals surface area contributed by atoms with Gasteiger partial charge in [0.15, 0.2) is 0 Å². The zero-order valence-electron chi connectivity index (χ0n) is 12.5. The van der Waals surface area contributed by atoms with Gasteiger partial charge in [-0.15, -0.1) is 5.10 Å². The Labute approximate surface area is 124 Å². The van der Waals surface area contributed by atoms with E-state index in [0.717, 1.165) is 25.1 Å². The molecule has 1 amide bonds.